The molecule has 2 N–H and O–H groups in total. The third kappa shape index (κ3) is 3.79. The molecule has 0 radical (unpaired) electrons. The summed E-state index contributed by atoms with van der Waals surface area (Å²) in [5.74, 6) is -0.360. The van der Waals surface area contributed by atoms with Crippen molar-refractivity contribution in [2.75, 3.05) is 19.4 Å². The van der Waals surface area contributed by atoms with Gasteiger partial charge in [0.1, 0.15) is 0 Å². The van der Waals surface area contributed by atoms with Gasteiger partial charge in [0.05, 0.1) is 20.8 Å². The van der Waals surface area contributed by atoms with E-state index in [1.165, 1.54) is 4.90 Å². The number of H-pyrrole nitrogens is 1. The van der Waals surface area contributed by atoms with E-state index in [2.05, 4.69) is 31.4 Å². The first-order chi connectivity index (χ1) is 11.2. The van der Waals surface area contributed by atoms with Crippen LogP contribution in [0.4, 0.5) is 5.69 Å². The number of rotatable bonds is 4. The molecular weight excluding hydrogens is 396 g/mol. The summed E-state index contributed by atoms with van der Waals surface area (Å²) >= 11 is 9.54. The number of benzene rings is 1. The topological polar surface area (TPSA) is 78.1 Å². The number of aromatic nitrogens is 2. The van der Waals surface area contributed by atoms with Crippen molar-refractivity contribution in [3.05, 3.63) is 44.6 Å². The van der Waals surface area contributed by atoms with Gasteiger partial charge in [0.25, 0.3) is 11.8 Å². The lowest BCUT2D eigenvalue weighted by atomic mass is 10.1. The van der Waals surface area contributed by atoms with Gasteiger partial charge in [-0.3, -0.25) is 14.7 Å². The van der Waals surface area contributed by atoms with Crippen LogP contribution in [0, 0.1) is 0 Å². The molecule has 2 amide bonds. The van der Waals surface area contributed by atoms with Gasteiger partial charge in [-0.15, -0.1) is 0 Å². The monoisotopic (exact) mass is 412 g/mol. The van der Waals surface area contributed by atoms with Crippen LogP contribution in [0.1, 0.15) is 46.3 Å². The molecule has 0 fully saturated rings. The summed E-state index contributed by atoms with van der Waals surface area (Å²) in [6, 6.07) is 4.75. The fraction of sp³-hybridized carbons (Fsp3) is 0.312. The highest BCUT2D eigenvalue weighted by molar-refractivity contribution is 9.10. The van der Waals surface area contributed by atoms with E-state index in [0.717, 1.165) is 5.69 Å². The van der Waals surface area contributed by atoms with Crippen molar-refractivity contribution >= 4 is 45.0 Å². The molecule has 0 aliphatic carbocycles. The quantitative estimate of drug-likeness (QED) is 0.798. The highest BCUT2D eigenvalue weighted by Crippen LogP contribution is 2.27. The Bertz CT molecular complexity index is 786. The summed E-state index contributed by atoms with van der Waals surface area (Å²) in [7, 11) is 3.30. The van der Waals surface area contributed by atoms with Crippen LogP contribution in [-0.4, -0.2) is 41.0 Å². The standard InChI is InChI=1S/C16H18BrClN4O2/c1-8(2)13-12(17)14(21-20-13)15(23)19-9-5-6-10(11(18)7-9)16(24)22(3)4/h5-8H,1-4H3,(H,19,23)(H,20,21). The normalized spacial score (nSPS) is 10.8. The summed E-state index contributed by atoms with van der Waals surface area (Å²) in [4.78, 5) is 25.8. The zero-order chi connectivity index (χ0) is 18.0. The average Bonchev–Trinajstić information content (AvgIpc) is 2.88. The van der Waals surface area contributed by atoms with Crippen molar-refractivity contribution in [1.29, 1.82) is 0 Å². The van der Waals surface area contributed by atoms with Crippen LogP contribution in [0.5, 0.6) is 0 Å². The molecule has 0 aliphatic rings. The highest BCUT2D eigenvalue weighted by Gasteiger charge is 2.20. The van der Waals surface area contributed by atoms with Crippen LogP contribution in [0.2, 0.25) is 5.02 Å². The van der Waals surface area contributed by atoms with E-state index in [0.29, 0.717) is 15.7 Å². The molecule has 0 unspecified atom stereocenters. The van der Waals surface area contributed by atoms with Gasteiger partial charge in [-0.2, -0.15) is 5.10 Å². The van der Waals surface area contributed by atoms with E-state index in [1.807, 2.05) is 13.8 Å². The zero-order valence-corrected chi connectivity index (χ0v) is 16.1. The number of halogens is 2. The minimum absolute atomic E-state index is 0.200. The number of amides is 2. The SMILES string of the molecule is CC(C)c1[nH]nc(C(=O)Nc2ccc(C(=O)N(C)C)c(Cl)c2)c1Br. The number of hydrogen-bond acceptors (Lipinski definition) is 3. The predicted octanol–water partition coefficient (Wildman–Crippen LogP) is 3.90. The maximum Gasteiger partial charge on any atom is 0.277 e. The summed E-state index contributed by atoms with van der Waals surface area (Å²) in [5.41, 5.74) is 1.98. The molecular formula is C16H18BrClN4O2. The maximum absolute atomic E-state index is 12.4. The van der Waals surface area contributed by atoms with Crippen molar-refractivity contribution in [3.8, 4) is 0 Å². The Hall–Kier alpha value is -1.86. The van der Waals surface area contributed by atoms with E-state index in [-0.39, 0.29) is 28.4 Å². The summed E-state index contributed by atoms with van der Waals surface area (Å²) in [5, 5.41) is 9.90. The van der Waals surface area contributed by atoms with E-state index in [9.17, 15) is 9.59 Å². The Kier molecular flexibility index (Phi) is 5.66. The third-order valence-corrected chi connectivity index (χ3v) is 4.50. The number of nitrogens with zero attached hydrogens (tertiary/aromatic N) is 2. The molecule has 1 aromatic heterocycles. The van der Waals surface area contributed by atoms with Gasteiger partial charge in [0.2, 0.25) is 0 Å². The van der Waals surface area contributed by atoms with Crippen molar-refractivity contribution in [3.63, 3.8) is 0 Å². The molecule has 0 saturated carbocycles. The molecule has 6 nitrogen and oxygen atoms in total. The lowest BCUT2D eigenvalue weighted by Gasteiger charge is -2.12. The summed E-state index contributed by atoms with van der Waals surface area (Å²) in [6.07, 6.45) is 0. The number of carbonyl (C=O) groups excluding carboxylic acids is 2. The first-order valence-corrected chi connectivity index (χ1v) is 8.45. The Morgan fingerprint density at radius 3 is 2.50 bits per heavy atom. The number of aromatic amines is 1. The smallest absolute Gasteiger partial charge is 0.277 e. The molecule has 0 aliphatic heterocycles. The minimum Gasteiger partial charge on any atom is -0.345 e. The average molecular weight is 414 g/mol. The van der Waals surface area contributed by atoms with Crippen LogP contribution in [0.15, 0.2) is 22.7 Å². The van der Waals surface area contributed by atoms with Crippen molar-refractivity contribution in [2.24, 2.45) is 0 Å². The molecule has 128 valence electrons. The molecule has 0 spiro atoms. The number of nitrogens with one attached hydrogen (secondary N) is 2. The summed E-state index contributed by atoms with van der Waals surface area (Å²) < 4.78 is 0.639. The zero-order valence-electron chi connectivity index (χ0n) is 13.8. The van der Waals surface area contributed by atoms with Crippen molar-refractivity contribution < 1.29 is 9.59 Å². The molecule has 0 atom stereocenters. The molecule has 2 aromatic rings. The second kappa shape index (κ2) is 7.36. The van der Waals surface area contributed by atoms with Gasteiger partial charge in [-0.25, -0.2) is 0 Å². The Balaban J connectivity index is 2.21. The lowest BCUT2D eigenvalue weighted by molar-refractivity contribution is 0.0827. The molecule has 0 bridgehead atoms. The molecule has 2 rings (SSSR count). The van der Waals surface area contributed by atoms with Gasteiger partial charge in [-0.1, -0.05) is 25.4 Å². The molecule has 8 heteroatoms. The van der Waals surface area contributed by atoms with E-state index >= 15 is 0 Å². The lowest BCUT2D eigenvalue weighted by Crippen LogP contribution is -2.22. The van der Waals surface area contributed by atoms with E-state index in [4.69, 9.17) is 11.6 Å². The molecule has 1 heterocycles. The fourth-order valence-electron chi connectivity index (χ4n) is 2.07. The first-order valence-electron chi connectivity index (χ1n) is 7.28. The van der Waals surface area contributed by atoms with Crippen molar-refractivity contribution in [2.45, 2.75) is 19.8 Å². The molecule has 24 heavy (non-hydrogen) atoms. The Morgan fingerprint density at radius 1 is 1.33 bits per heavy atom. The fourth-order valence-corrected chi connectivity index (χ4v) is 3.15. The van der Waals surface area contributed by atoms with Crippen LogP contribution in [0.25, 0.3) is 0 Å². The van der Waals surface area contributed by atoms with Gasteiger partial charge in [0, 0.05) is 19.8 Å². The first kappa shape index (κ1) is 18.5. The van der Waals surface area contributed by atoms with Gasteiger partial charge >= 0.3 is 0 Å². The van der Waals surface area contributed by atoms with Crippen LogP contribution in [-0.2, 0) is 0 Å². The van der Waals surface area contributed by atoms with E-state index < -0.39 is 0 Å². The van der Waals surface area contributed by atoms with Gasteiger partial charge in [-0.05, 0) is 40.0 Å². The van der Waals surface area contributed by atoms with Crippen LogP contribution >= 0.6 is 27.5 Å². The number of anilines is 1. The molecule has 1 aromatic carbocycles. The van der Waals surface area contributed by atoms with E-state index in [1.54, 1.807) is 32.3 Å². The third-order valence-electron chi connectivity index (χ3n) is 3.39. The minimum atomic E-state index is -0.368. The van der Waals surface area contributed by atoms with Gasteiger partial charge < -0.3 is 10.2 Å². The Labute approximate surface area is 153 Å². The van der Waals surface area contributed by atoms with Crippen molar-refractivity contribution in [1.82, 2.24) is 15.1 Å². The highest BCUT2D eigenvalue weighted by atomic mass is 79.9. The van der Waals surface area contributed by atoms with Crippen LogP contribution < -0.4 is 5.32 Å². The Morgan fingerprint density at radius 2 is 2.00 bits per heavy atom. The number of hydrogen-bond donors (Lipinski definition) is 2. The second-order valence-electron chi connectivity index (χ2n) is 5.80. The predicted molar refractivity (Wildman–Crippen MR) is 97.8 cm³/mol. The van der Waals surface area contributed by atoms with Crippen LogP contribution in [0.3, 0.4) is 0 Å². The molecule has 0 saturated heterocycles. The van der Waals surface area contributed by atoms with Gasteiger partial charge in [0.15, 0.2) is 5.69 Å². The number of carbonyl (C=O) groups is 2. The summed E-state index contributed by atoms with van der Waals surface area (Å²) in [6.45, 7) is 4.00. The largest absolute Gasteiger partial charge is 0.345 e. The second-order valence-corrected chi connectivity index (χ2v) is 7.00. The maximum atomic E-state index is 12.4.